The zero-order valence-electron chi connectivity index (χ0n) is 20.5. The van der Waals surface area contributed by atoms with Crippen molar-refractivity contribution in [1.29, 1.82) is 0 Å². The number of sulfone groups is 1. The minimum atomic E-state index is -3.20. The summed E-state index contributed by atoms with van der Waals surface area (Å²) in [6, 6.07) is 20.4. The van der Waals surface area contributed by atoms with Gasteiger partial charge in [-0.2, -0.15) is 0 Å². The highest BCUT2D eigenvalue weighted by Gasteiger charge is 2.33. The Kier molecular flexibility index (Phi) is 8.00. The lowest BCUT2D eigenvalue weighted by Gasteiger charge is -2.32. The monoisotopic (exact) mass is 510 g/mol. The molecule has 192 valence electrons. The van der Waals surface area contributed by atoms with E-state index >= 15 is 0 Å². The fourth-order valence-electron chi connectivity index (χ4n) is 4.81. The molecule has 1 aliphatic rings. The quantitative estimate of drug-likeness (QED) is 0.427. The van der Waals surface area contributed by atoms with Crippen LogP contribution < -0.4 is 0 Å². The van der Waals surface area contributed by atoms with Crippen molar-refractivity contribution in [1.82, 2.24) is 9.80 Å². The van der Waals surface area contributed by atoms with Gasteiger partial charge in [-0.3, -0.25) is 4.90 Å². The zero-order valence-corrected chi connectivity index (χ0v) is 21.4. The molecule has 3 N–H and O–H groups in total. The van der Waals surface area contributed by atoms with Gasteiger partial charge in [-0.1, -0.05) is 36.4 Å². The molecule has 1 saturated heterocycles. The first kappa shape index (κ1) is 26.2. The van der Waals surface area contributed by atoms with E-state index in [0.717, 1.165) is 44.7 Å². The Hall–Kier alpha value is -2.91. The third kappa shape index (κ3) is 6.44. The van der Waals surface area contributed by atoms with Crippen molar-refractivity contribution >= 4 is 9.84 Å². The highest BCUT2D eigenvalue weighted by atomic mass is 32.2. The number of aromatic hydroxyl groups is 2. The fourth-order valence-corrected chi connectivity index (χ4v) is 5.44. The van der Waals surface area contributed by atoms with E-state index in [0.29, 0.717) is 29.0 Å². The van der Waals surface area contributed by atoms with Crippen LogP contribution in [0, 0.1) is 0 Å². The number of rotatable bonds is 8. The van der Waals surface area contributed by atoms with Crippen molar-refractivity contribution in [3.63, 3.8) is 0 Å². The summed E-state index contributed by atoms with van der Waals surface area (Å²) in [6.45, 7) is 4.96. The Morgan fingerprint density at radius 3 is 1.92 bits per heavy atom. The van der Waals surface area contributed by atoms with Crippen molar-refractivity contribution in [2.75, 3.05) is 39.0 Å². The molecule has 0 saturated carbocycles. The molecule has 7 nitrogen and oxygen atoms in total. The molecule has 3 aromatic rings. The third-order valence-electron chi connectivity index (χ3n) is 6.88. The Morgan fingerprint density at radius 2 is 1.36 bits per heavy atom. The maximum Gasteiger partial charge on any atom is 0.175 e. The molecule has 0 unspecified atom stereocenters. The second-order valence-electron chi connectivity index (χ2n) is 9.60. The highest BCUT2D eigenvalue weighted by Crippen LogP contribution is 2.36. The highest BCUT2D eigenvalue weighted by molar-refractivity contribution is 7.90. The van der Waals surface area contributed by atoms with Crippen LogP contribution >= 0.6 is 0 Å². The van der Waals surface area contributed by atoms with Crippen LogP contribution in [0.3, 0.4) is 0 Å². The summed E-state index contributed by atoms with van der Waals surface area (Å²) in [5.41, 5.74) is 0.896. The van der Waals surface area contributed by atoms with Gasteiger partial charge in [0.2, 0.25) is 0 Å². The van der Waals surface area contributed by atoms with E-state index in [1.807, 2.05) is 12.1 Å². The number of phenolic OH excluding ortho intramolecular Hbond substituents is 2. The maximum absolute atomic E-state index is 11.8. The molecule has 3 aromatic carbocycles. The molecule has 1 fully saturated rings. The van der Waals surface area contributed by atoms with Gasteiger partial charge < -0.3 is 20.2 Å². The van der Waals surface area contributed by atoms with Crippen LogP contribution in [0.5, 0.6) is 11.5 Å². The largest absolute Gasteiger partial charge is 0.508 e. The summed E-state index contributed by atoms with van der Waals surface area (Å²) < 4.78 is 23.4. The van der Waals surface area contributed by atoms with Crippen LogP contribution in [0.4, 0.5) is 0 Å². The van der Waals surface area contributed by atoms with E-state index in [2.05, 4.69) is 9.80 Å². The van der Waals surface area contributed by atoms with E-state index < -0.39 is 15.4 Å². The third-order valence-corrected chi connectivity index (χ3v) is 8.00. The number of benzene rings is 3. The SMILES string of the molecule is CS(=O)(=O)c1ccc(CN2CCCN(CCC(O)(c3cccc(O)c3)c3cccc(O)c3)CC2)cc1. The van der Waals surface area contributed by atoms with Gasteiger partial charge in [0.25, 0.3) is 0 Å². The molecule has 0 radical (unpaired) electrons. The summed E-state index contributed by atoms with van der Waals surface area (Å²) in [4.78, 5) is 5.04. The molecule has 0 aromatic heterocycles. The molecule has 0 spiro atoms. The predicted octanol–water partition coefficient (Wildman–Crippen LogP) is 3.34. The van der Waals surface area contributed by atoms with Crippen LogP contribution in [0.1, 0.15) is 29.5 Å². The summed E-state index contributed by atoms with van der Waals surface area (Å²) in [5.74, 6) is 0.169. The number of hydrogen-bond acceptors (Lipinski definition) is 7. The lowest BCUT2D eigenvalue weighted by atomic mass is 9.83. The lowest BCUT2D eigenvalue weighted by molar-refractivity contribution is 0.0573. The van der Waals surface area contributed by atoms with Crippen molar-refractivity contribution in [3.8, 4) is 11.5 Å². The van der Waals surface area contributed by atoms with E-state index in [1.165, 1.54) is 6.26 Å². The van der Waals surface area contributed by atoms with Gasteiger partial charge in [-0.15, -0.1) is 0 Å². The molecule has 36 heavy (non-hydrogen) atoms. The van der Waals surface area contributed by atoms with Gasteiger partial charge in [0.15, 0.2) is 9.84 Å². The number of hydrogen-bond donors (Lipinski definition) is 3. The molecule has 4 rings (SSSR count). The number of aliphatic hydroxyl groups is 1. The second-order valence-corrected chi connectivity index (χ2v) is 11.6. The van der Waals surface area contributed by atoms with E-state index in [9.17, 15) is 23.7 Å². The van der Waals surface area contributed by atoms with Gasteiger partial charge in [-0.25, -0.2) is 8.42 Å². The van der Waals surface area contributed by atoms with Gasteiger partial charge in [0.05, 0.1) is 4.90 Å². The average Bonchev–Trinajstić information content (AvgIpc) is 3.07. The maximum atomic E-state index is 11.8. The number of nitrogens with zero attached hydrogens (tertiary/aromatic N) is 2. The molecule has 0 bridgehead atoms. The Morgan fingerprint density at radius 1 is 0.806 bits per heavy atom. The van der Waals surface area contributed by atoms with Gasteiger partial charge >= 0.3 is 0 Å². The average molecular weight is 511 g/mol. The second kappa shape index (κ2) is 11.0. The van der Waals surface area contributed by atoms with Crippen molar-refractivity contribution in [3.05, 3.63) is 89.5 Å². The van der Waals surface area contributed by atoms with Crippen LogP contribution in [-0.4, -0.2) is 72.5 Å². The minimum Gasteiger partial charge on any atom is -0.508 e. The summed E-state index contributed by atoms with van der Waals surface area (Å²) in [7, 11) is -3.20. The van der Waals surface area contributed by atoms with E-state index in [4.69, 9.17) is 0 Å². The molecule has 8 heteroatoms. The van der Waals surface area contributed by atoms with Gasteiger partial charge in [0, 0.05) is 32.4 Å². The lowest BCUT2D eigenvalue weighted by Crippen LogP contribution is -2.36. The van der Waals surface area contributed by atoms with Crippen LogP contribution in [0.2, 0.25) is 0 Å². The Balaban J connectivity index is 1.41. The number of phenols is 2. The Bertz CT molecular complexity index is 1230. The first-order valence-corrected chi connectivity index (χ1v) is 14.1. The molecule has 0 amide bonds. The van der Waals surface area contributed by atoms with Gasteiger partial charge in [-0.05, 0) is 79.0 Å². The van der Waals surface area contributed by atoms with Crippen LogP contribution in [0.25, 0.3) is 0 Å². The molecule has 1 aliphatic heterocycles. The normalized spacial score (nSPS) is 16.1. The fraction of sp³-hybridized carbons (Fsp3) is 0.357. The van der Waals surface area contributed by atoms with Crippen molar-refractivity contribution in [2.45, 2.75) is 29.9 Å². The van der Waals surface area contributed by atoms with Crippen LogP contribution in [0.15, 0.2) is 77.7 Å². The molecular formula is C28H34N2O5S. The summed E-state index contributed by atoms with van der Waals surface area (Å²) >= 11 is 0. The van der Waals surface area contributed by atoms with Crippen molar-refractivity contribution < 1.29 is 23.7 Å². The summed E-state index contributed by atoms with van der Waals surface area (Å²) in [5, 5.41) is 31.9. The predicted molar refractivity (Wildman–Crippen MR) is 140 cm³/mol. The van der Waals surface area contributed by atoms with E-state index in [-0.39, 0.29) is 11.5 Å². The topological polar surface area (TPSA) is 101 Å². The first-order valence-electron chi connectivity index (χ1n) is 12.2. The first-order chi connectivity index (χ1) is 17.1. The standard InChI is InChI=1S/C28H34N2O5S/c1-36(34,35)27-11-9-22(10-12-27)21-30-15-4-14-29(17-18-30)16-13-28(33,23-5-2-7-25(31)19-23)24-6-3-8-26(32)20-24/h2-3,5-12,19-20,31-33H,4,13-18,21H2,1H3. The molecular weight excluding hydrogens is 476 g/mol. The van der Waals surface area contributed by atoms with Gasteiger partial charge in [0.1, 0.15) is 17.1 Å². The van der Waals surface area contributed by atoms with Crippen molar-refractivity contribution in [2.24, 2.45) is 0 Å². The van der Waals surface area contributed by atoms with E-state index in [1.54, 1.807) is 60.7 Å². The van der Waals surface area contributed by atoms with Crippen LogP contribution in [-0.2, 0) is 22.0 Å². The Labute approximate surface area is 213 Å². The zero-order chi connectivity index (χ0) is 25.8. The smallest absolute Gasteiger partial charge is 0.175 e. The minimum absolute atomic E-state index is 0.0843. The molecule has 0 atom stereocenters. The molecule has 0 aliphatic carbocycles. The summed E-state index contributed by atoms with van der Waals surface area (Å²) in [6.07, 6.45) is 2.61. The molecule has 1 heterocycles.